The molecule has 2 unspecified atom stereocenters. The normalized spacial score (nSPS) is 21.5. The van der Waals surface area contributed by atoms with Crippen molar-refractivity contribution in [1.82, 2.24) is 15.5 Å². The van der Waals surface area contributed by atoms with Crippen LogP contribution in [0.15, 0.2) is 0 Å². The molecular weight excluding hydrogens is 261 g/mol. The minimum Gasteiger partial charge on any atom is -0.379 e. The number of morpholine rings is 1. The van der Waals surface area contributed by atoms with Gasteiger partial charge in [-0.3, -0.25) is 4.90 Å². The van der Waals surface area contributed by atoms with Crippen LogP contribution in [0.1, 0.15) is 6.92 Å². The fourth-order valence-corrected chi connectivity index (χ4v) is 2.48. The van der Waals surface area contributed by atoms with Crippen LogP contribution >= 0.6 is 8.58 Å². The molecule has 0 amide bonds. The van der Waals surface area contributed by atoms with Gasteiger partial charge in [-0.15, -0.1) is 8.58 Å². The second-order valence-electron chi connectivity index (χ2n) is 4.74. The van der Waals surface area contributed by atoms with E-state index >= 15 is 0 Å². The molecule has 1 fully saturated rings. The van der Waals surface area contributed by atoms with Gasteiger partial charge in [0.25, 0.3) is 0 Å². The van der Waals surface area contributed by atoms with Crippen molar-refractivity contribution in [3.63, 3.8) is 0 Å². The molecule has 1 aliphatic heterocycles. The van der Waals surface area contributed by atoms with Crippen LogP contribution in [0.25, 0.3) is 0 Å². The van der Waals surface area contributed by atoms with E-state index in [2.05, 4.69) is 29.1 Å². The molecule has 2 N–H and O–H groups in total. The van der Waals surface area contributed by atoms with Crippen molar-refractivity contribution in [3.05, 3.63) is 0 Å². The van der Waals surface area contributed by atoms with Crippen LogP contribution in [0.5, 0.6) is 0 Å². The Labute approximate surface area is 119 Å². The molecule has 114 valence electrons. The van der Waals surface area contributed by atoms with Gasteiger partial charge in [0.1, 0.15) is 0 Å². The van der Waals surface area contributed by atoms with Gasteiger partial charge in [-0.2, -0.15) is 0 Å². The van der Waals surface area contributed by atoms with Gasteiger partial charge < -0.3 is 20.1 Å². The number of hydrogen-bond acceptors (Lipinski definition) is 5. The summed E-state index contributed by atoms with van der Waals surface area (Å²) < 4.78 is 11.4. The second-order valence-corrected chi connectivity index (χ2v) is 5.80. The number of ether oxygens (including phenoxy) is 2. The molecule has 0 bridgehead atoms. The highest BCUT2D eigenvalue weighted by atomic mass is 31.1. The SMILES string of the molecule is CCNCCOCCN1CCOC(CNCPC)C1. The highest BCUT2D eigenvalue weighted by Gasteiger charge is 2.19. The molecular formula is C13H30N3O2P. The van der Waals surface area contributed by atoms with Crippen molar-refractivity contribution in [2.75, 3.05) is 72.0 Å². The molecule has 0 aromatic rings. The van der Waals surface area contributed by atoms with Crippen LogP contribution in [0.2, 0.25) is 0 Å². The maximum atomic E-state index is 5.76. The Bertz CT molecular complexity index is 210. The Morgan fingerprint density at radius 1 is 1.37 bits per heavy atom. The van der Waals surface area contributed by atoms with Crippen molar-refractivity contribution >= 4 is 8.58 Å². The zero-order chi connectivity index (χ0) is 13.8. The maximum absolute atomic E-state index is 5.76. The summed E-state index contributed by atoms with van der Waals surface area (Å²) >= 11 is 0. The molecule has 5 nitrogen and oxygen atoms in total. The fraction of sp³-hybridized carbons (Fsp3) is 1.00. The van der Waals surface area contributed by atoms with Gasteiger partial charge >= 0.3 is 0 Å². The topological polar surface area (TPSA) is 45.8 Å². The molecule has 2 atom stereocenters. The van der Waals surface area contributed by atoms with E-state index in [1.54, 1.807) is 0 Å². The van der Waals surface area contributed by atoms with E-state index in [0.717, 1.165) is 74.0 Å². The van der Waals surface area contributed by atoms with Crippen molar-refractivity contribution in [2.24, 2.45) is 0 Å². The summed E-state index contributed by atoms with van der Waals surface area (Å²) in [7, 11) is 0.966. The van der Waals surface area contributed by atoms with Gasteiger partial charge in [0.05, 0.1) is 25.9 Å². The first-order valence-electron chi connectivity index (χ1n) is 7.34. The third kappa shape index (κ3) is 8.90. The summed E-state index contributed by atoms with van der Waals surface area (Å²) in [5.74, 6) is 0. The molecule has 0 aromatic carbocycles. The average Bonchev–Trinajstić information content (AvgIpc) is 2.43. The minimum atomic E-state index is 0.340. The van der Waals surface area contributed by atoms with Crippen LogP contribution in [-0.2, 0) is 9.47 Å². The van der Waals surface area contributed by atoms with Crippen LogP contribution in [0.3, 0.4) is 0 Å². The standard InChI is InChI=1S/C13H30N3O2P/c1-3-14-4-7-17-8-5-16-6-9-18-13(11-16)10-15-12-19-2/h13-15,19H,3-12H2,1-2H3. The van der Waals surface area contributed by atoms with Crippen molar-refractivity contribution in [3.8, 4) is 0 Å². The summed E-state index contributed by atoms with van der Waals surface area (Å²) in [5, 5.41) is 6.69. The van der Waals surface area contributed by atoms with E-state index in [-0.39, 0.29) is 0 Å². The molecule has 0 spiro atoms. The summed E-state index contributed by atoms with van der Waals surface area (Å²) in [4.78, 5) is 2.44. The minimum absolute atomic E-state index is 0.340. The predicted octanol–water partition coefficient (Wildman–Crippen LogP) is 0.169. The summed E-state index contributed by atoms with van der Waals surface area (Å²) in [6.45, 7) is 12.8. The third-order valence-electron chi connectivity index (χ3n) is 3.12. The van der Waals surface area contributed by atoms with E-state index in [4.69, 9.17) is 9.47 Å². The maximum Gasteiger partial charge on any atom is 0.0826 e. The van der Waals surface area contributed by atoms with Crippen LogP contribution < -0.4 is 10.6 Å². The summed E-state index contributed by atoms with van der Waals surface area (Å²) in [6.07, 6.45) is 1.44. The fourth-order valence-electron chi connectivity index (χ4n) is 2.08. The predicted molar refractivity (Wildman–Crippen MR) is 82.7 cm³/mol. The lowest BCUT2D eigenvalue weighted by Gasteiger charge is -2.33. The van der Waals surface area contributed by atoms with Gasteiger partial charge in [-0.25, -0.2) is 0 Å². The second kappa shape index (κ2) is 12.0. The van der Waals surface area contributed by atoms with Gasteiger partial charge in [-0.1, -0.05) is 6.92 Å². The van der Waals surface area contributed by atoms with Crippen LogP contribution in [0.4, 0.5) is 0 Å². The number of nitrogens with zero attached hydrogens (tertiary/aromatic N) is 1. The van der Waals surface area contributed by atoms with E-state index in [9.17, 15) is 0 Å². The van der Waals surface area contributed by atoms with Gasteiger partial charge in [0.2, 0.25) is 0 Å². The molecule has 6 heteroatoms. The molecule has 19 heavy (non-hydrogen) atoms. The van der Waals surface area contributed by atoms with Crippen molar-refractivity contribution in [2.45, 2.75) is 13.0 Å². The van der Waals surface area contributed by atoms with E-state index < -0.39 is 0 Å². The number of hydrogen-bond donors (Lipinski definition) is 2. The Morgan fingerprint density at radius 2 is 2.26 bits per heavy atom. The number of likely N-dealkylation sites (N-methyl/N-ethyl adjacent to an activating group) is 1. The van der Waals surface area contributed by atoms with Gasteiger partial charge in [0, 0.05) is 39.0 Å². The molecule has 0 radical (unpaired) electrons. The molecule has 1 saturated heterocycles. The smallest absolute Gasteiger partial charge is 0.0826 e. The Hall–Kier alpha value is 0.230. The molecule has 0 aromatic heterocycles. The van der Waals surface area contributed by atoms with E-state index in [0.29, 0.717) is 6.10 Å². The monoisotopic (exact) mass is 291 g/mol. The largest absolute Gasteiger partial charge is 0.379 e. The molecule has 0 saturated carbocycles. The van der Waals surface area contributed by atoms with Crippen LogP contribution in [0, 0.1) is 0 Å². The highest BCUT2D eigenvalue weighted by Crippen LogP contribution is 2.05. The zero-order valence-corrected chi connectivity index (χ0v) is 13.4. The lowest BCUT2D eigenvalue weighted by atomic mass is 10.2. The number of nitrogens with one attached hydrogen (secondary N) is 2. The van der Waals surface area contributed by atoms with Crippen LogP contribution in [-0.4, -0.2) is 83.0 Å². The highest BCUT2D eigenvalue weighted by molar-refractivity contribution is 7.36. The summed E-state index contributed by atoms with van der Waals surface area (Å²) in [6, 6.07) is 0. The number of rotatable bonds is 11. The first kappa shape index (κ1) is 17.3. The molecule has 1 aliphatic rings. The van der Waals surface area contributed by atoms with Crippen molar-refractivity contribution in [1.29, 1.82) is 0 Å². The lowest BCUT2D eigenvalue weighted by Crippen LogP contribution is -2.47. The van der Waals surface area contributed by atoms with E-state index in [1.807, 2.05) is 0 Å². The average molecular weight is 291 g/mol. The first-order valence-corrected chi connectivity index (χ1v) is 9.05. The van der Waals surface area contributed by atoms with E-state index in [1.165, 1.54) is 0 Å². The Kier molecular flexibility index (Phi) is 10.9. The first-order chi connectivity index (χ1) is 9.36. The van der Waals surface area contributed by atoms with Gasteiger partial charge in [-0.05, 0) is 13.2 Å². The Morgan fingerprint density at radius 3 is 3.05 bits per heavy atom. The molecule has 1 rings (SSSR count). The lowest BCUT2D eigenvalue weighted by molar-refractivity contribution is -0.0341. The third-order valence-corrected chi connectivity index (χ3v) is 3.73. The summed E-state index contributed by atoms with van der Waals surface area (Å²) in [5.41, 5.74) is 0. The van der Waals surface area contributed by atoms with Gasteiger partial charge in [0.15, 0.2) is 0 Å². The van der Waals surface area contributed by atoms with Crippen molar-refractivity contribution < 1.29 is 9.47 Å². The molecule has 1 heterocycles. The quantitative estimate of drug-likeness (QED) is 0.420. The molecule has 0 aliphatic carbocycles. The Balaban J connectivity index is 2.00. The zero-order valence-electron chi connectivity index (χ0n) is 12.4.